The van der Waals surface area contributed by atoms with Crippen molar-refractivity contribution in [2.24, 2.45) is 0 Å². The molecule has 0 bridgehead atoms. The molecule has 0 fully saturated rings. The van der Waals surface area contributed by atoms with E-state index in [1.165, 1.54) is 0 Å². The SMILES string of the molecule is COc1ccc(CCC(=O)N(C)Cc2ccc3c(c2)OCCO3)cc1. The van der Waals surface area contributed by atoms with Gasteiger partial charge < -0.3 is 19.1 Å². The summed E-state index contributed by atoms with van der Waals surface area (Å²) >= 11 is 0. The van der Waals surface area contributed by atoms with Crippen LogP contribution in [0.15, 0.2) is 42.5 Å². The Bertz CT molecular complexity index is 727. The number of hydrogen-bond acceptors (Lipinski definition) is 4. The number of carbonyl (C=O) groups is 1. The van der Waals surface area contributed by atoms with E-state index in [0.29, 0.717) is 32.6 Å². The molecule has 5 heteroatoms. The minimum atomic E-state index is 0.116. The van der Waals surface area contributed by atoms with Gasteiger partial charge in [-0.25, -0.2) is 0 Å². The van der Waals surface area contributed by atoms with Gasteiger partial charge in [-0.05, 0) is 41.8 Å². The van der Waals surface area contributed by atoms with Crippen molar-refractivity contribution in [1.29, 1.82) is 0 Å². The highest BCUT2D eigenvalue weighted by atomic mass is 16.6. The molecule has 0 saturated carbocycles. The molecule has 1 amide bonds. The zero-order valence-electron chi connectivity index (χ0n) is 14.7. The molecule has 2 aromatic carbocycles. The topological polar surface area (TPSA) is 48.0 Å². The average molecular weight is 341 g/mol. The van der Waals surface area contributed by atoms with Crippen molar-refractivity contribution in [2.45, 2.75) is 19.4 Å². The van der Waals surface area contributed by atoms with E-state index in [9.17, 15) is 4.79 Å². The fourth-order valence-corrected chi connectivity index (χ4v) is 2.78. The Morgan fingerprint density at radius 2 is 1.72 bits per heavy atom. The van der Waals surface area contributed by atoms with Gasteiger partial charge in [-0.15, -0.1) is 0 Å². The van der Waals surface area contributed by atoms with E-state index in [4.69, 9.17) is 14.2 Å². The van der Waals surface area contributed by atoms with Crippen LogP contribution in [-0.2, 0) is 17.8 Å². The lowest BCUT2D eigenvalue weighted by atomic mass is 10.1. The van der Waals surface area contributed by atoms with Gasteiger partial charge in [-0.1, -0.05) is 18.2 Å². The van der Waals surface area contributed by atoms with E-state index in [0.717, 1.165) is 28.4 Å². The molecule has 0 unspecified atom stereocenters. The van der Waals surface area contributed by atoms with E-state index in [-0.39, 0.29) is 5.91 Å². The van der Waals surface area contributed by atoms with Crippen LogP contribution in [0.1, 0.15) is 17.5 Å². The number of ether oxygens (including phenoxy) is 3. The molecule has 0 radical (unpaired) electrons. The average Bonchev–Trinajstić information content (AvgIpc) is 2.66. The molecule has 0 aliphatic carbocycles. The molecule has 5 nitrogen and oxygen atoms in total. The second-order valence-corrected chi connectivity index (χ2v) is 6.08. The first kappa shape index (κ1) is 17.1. The van der Waals surface area contributed by atoms with Crippen molar-refractivity contribution in [3.63, 3.8) is 0 Å². The van der Waals surface area contributed by atoms with E-state index in [1.54, 1.807) is 12.0 Å². The van der Waals surface area contributed by atoms with Gasteiger partial charge in [-0.3, -0.25) is 4.79 Å². The summed E-state index contributed by atoms with van der Waals surface area (Å²) in [4.78, 5) is 14.1. The molecule has 132 valence electrons. The van der Waals surface area contributed by atoms with Gasteiger partial charge in [0, 0.05) is 20.0 Å². The van der Waals surface area contributed by atoms with Crippen LogP contribution in [0.3, 0.4) is 0 Å². The van der Waals surface area contributed by atoms with Crippen LogP contribution in [0.25, 0.3) is 0 Å². The van der Waals surface area contributed by atoms with Crippen molar-refractivity contribution in [3.05, 3.63) is 53.6 Å². The predicted octanol–water partition coefficient (Wildman–Crippen LogP) is 3.06. The standard InChI is InChI=1S/C20H23NO4/c1-21(14-16-5-9-18-19(13-16)25-12-11-24-18)20(22)10-6-15-3-7-17(23-2)8-4-15/h3-5,7-9,13H,6,10-12,14H2,1-2H3. The fourth-order valence-electron chi connectivity index (χ4n) is 2.78. The van der Waals surface area contributed by atoms with Crippen molar-refractivity contribution >= 4 is 5.91 Å². The van der Waals surface area contributed by atoms with Crippen molar-refractivity contribution in [3.8, 4) is 17.2 Å². The third kappa shape index (κ3) is 4.44. The summed E-state index contributed by atoms with van der Waals surface area (Å²) in [7, 11) is 3.47. The Morgan fingerprint density at radius 3 is 2.44 bits per heavy atom. The lowest BCUT2D eigenvalue weighted by molar-refractivity contribution is -0.130. The van der Waals surface area contributed by atoms with E-state index in [1.807, 2.05) is 49.5 Å². The number of fused-ring (bicyclic) bond motifs is 1. The molecule has 1 heterocycles. The normalized spacial score (nSPS) is 12.6. The molecular formula is C20H23NO4. The van der Waals surface area contributed by atoms with Crippen LogP contribution in [0.5, 0.6) is 17.2 Å². The first-order chi connectivity index (χ1) is 12.2. The Morgan fingerprint density at radius 1 is 1.04 bits per heavy atom. The van der Waals surface area contributed by atoms with Gasteiger partial charge in [0.2, 0.25) is 5.91 Å². The van der Waals surface area contributed by atoms with Gasteiger partial charge in [0.05, 0.1) is 7.11 Å². The fraction of sp³-hybridized carbons (Fsp3) is 0.350. The maximum atomic E-state index is 12.4. The number of methoxy groups -OCH3 is 1. The maximum absolute atomic E-state index is 12.4. The highest BCUT2D eigenvalue weighted by Crippen LogP contribution is 2.31. The lowest BCUT2D eigenvalue weighted by Crippen LogP contribution is -2.26. The Hall–Kier alpha value is -2.69. The third-order valence-corrected chi connectivity index (χ3v) is 4.24. The molecule has 2 aromatic rings. The molecule has 0 aromatic heterocycles. The minimum absolute atomic E-state index is 0.116. The summed E-state index contributed by atoms with van der Waals surface area (Å²) in [5.41, 5.74) is 2.16. The zero-order chi connectivity index (χ0) is 17.6. The second kappa shape index (κ2) is 7.92. The van der Waals surface area contributed by atoms with Crippen molar-refractivity contribution in [1.82, 2.24) is 4.90 Å². The first-order valence-corrected chi connectivity index (χ1v) is 8.41. The number of carbonyl (C=O) groups excluding carboxylic acids is 1. The summed E-state index contributed by atoms with van der Waals surface area (Å²) < 4.78 is 16.3. The summed E-state index contributed by atoms with van der Waals surface area (Å²) in [6.07, 6.45) is 1.20. The number of amides is 1. The molecule has 1 aliphatic rings. The number of nitrogens with zero attached hydrogens (tertiary/aromatic N) is 1. The molecule has 0 saturated heterocycles. The van der Waals surface area contributed by atoms with Crippen LogP contribution in [0.4, 0.5) is 0 Å². The van der Waals surface area contributed by atoms with Crippen molar-refractivity contribution in [2.75, 3.05) is 27.4 Å². The molecule has 0 spiro atoms. The predicted molar refractivity (Wildman–Crippen MR) is 95.2 cm³/mol. The minimum Gasteiger partial charge on any atom is -0.497 e. The van der Waals surface area contributed by atoms with Gasteiger partial charge in [0.25, 0.3) is 0 Å². The van der Waals surface area contributed by atoms with Gasteiger partial charge in [0.1, 0.15) is 19.0 Å². The van der Waals surface area contributed by atoms with Crippen LogP contribution >= 0.6 is 0 Å². The quantitative estimate of drug-likeness (QED) is 0.810. The number of benzene rings is 2. The highest BCUT2D eigenvalue weighted by Gasteiger charge is 2.14. The number of rotatable bonds is 6. The Labute approximate surface area is 148 Å². The summed E-state index contributed by atoms with van der Waals surface area (Å²) in [5.74, 6) is 2.46. The van der Waals surface area contributed by atoms with Gasteiger partial charge in [-0.2, -0.15) is 0 Å². The monoisotopic (exact) mass is 341 g/mol. The Balaban J connectivity index is 1.53. The molecular weight excluding hydrogens is 318 g/mol. The van der Waals surface area contributed by atoms with Gasteiger partial charge >= 0.3 is 0 Å². The first-order valence-electron chi connectivity index (χ1n) is 8.41. The van der Waals surface area contributed by atoms with E-state index < -0.39 is 0 Å². The second-order valence-electron chi connectivity index (χ2n) is 6.08. The highest BCUT2D eigenvalue weighted by molar-refractivity contribution is 5.76. The molecule has 1 aliphatic heterocycles. The smallest absolute Gasteiger partial charge is 0.222 e. The maximum Gasteiger partial charge on any atom is 0.222 e. The van der Waals surface area contributed by atoms with Gasteiger partial charge in [0.15, 0.2) is 11.5 Å². The number of hydrogen-bond donors (Lipinski definition) is 0. The third-order valence-electron chi connectivity index (χ3n) is 4.24. The summed E-state index contributed by atoms with van der Waals surface area (Å²) in [6, 6.07) is 13.6. The van der Waals surface area contributed by atoms with E-state index in [2.05, 4.69) is 0 Å². The molecule has 25 heavy (non-hydrogen) atoms. The lowest BCUT2D eigenvalue weighted by Gasteiger charge is -2.21. The molecule has 0 atom stereocenters. The van der Waals surface area contributed by atoms with Crippen LogP contribution in [0.2, 0.25) is 0 Å². The molecule has 3 rings (SSSR count). The molecule has 0 N–H and O–H groups in total. The Kier molecular flexibility index (Phi) is 5.43. The van der Waals surface area contributed by atoms with Crippen molar-refractivity contribution < 1.29 is 19.0 Å². The summed E-state index contributed by atoms with van der Waals surface area (Å²) in [5, 5.41) is 0. The number of aryl methyl sites for hydroxylation is 1. The largest absolute Gasteiger partial charge is 0.497 e. The van der Waals surface area contributed by atoms with Crippen LogP contribution in [0, 0.1) is 0 Å². The summed E-state index contributed by atoms with van der Waals surface area (Å²) in [6.45, 7) is 1.70. The zero-order valence-corrected chi connectivity index (χ0v) is 14.7. The van der Waals surface area contributed by atoms with E-state index >= 15 is 0 Å². The van der Waals surface area contributed by atoms with Crippen LogP contribution < -0.4 is 14.2 Å². The van der Waals surface area contributed by atoms with Crippen LogP contribution in [-0.4, -0.2) is 38.2 Å².